The fraction of sp³-hybridized carbons (Fsp3) is 0.529. The molecule has 1 amide bonds. The Kier molecular flexibility index (Phi) is 6.62. The lowest BCUT2D eigenvalue weighted by Gasteiger charge is -2.27. The third-order valence-corrected chi connectivity index (χ3v) is 5.90. The minimum atomic E-state index is -3.24. The Morgan fingerprint density at radius 3 is 2.47 bits per heavy atom. The molecule has 0 atom stereocenters. The molecule has 0 aromatic carbocycles. The molecule has 0 bridgehead atoms. The van der Waals surface area contributed by atoms with Crippen LogP contribution < -0.4 is 4.90 Å². The van der Waals surface area contributed by atoms with Crippen molar-refractivity contribution in [1.29, 1.82) is 0 Å². The number of anilines is 1. The van der Waals surface area contributed by atoms with Crippen LogP contribution in [0.5, 0.6) is 0 Å². The van der Waals surface area contributed by atoms with Crippen molar-refractivity contribution in [1.82, 2.24) is 19.9 Å². The second-order valence-electron chi connectivity index (χ2n) is 7.63. The SMILES string of the molecule is CC(C)(C)OC(=O)N1CCN(c2nc(-c3scnc3Cl)nc(Cl)c2Cl)CC(F)(F)C1. The van der Waals surface area contributed by atoms with Crippen molar-refractivity contribution in [3.8, 4) is 10.7 Å². The minimum absolute atomic E-state index is 0.0148. The molecular weight excluding hydrogens is 483 g/mol. The van der Waals surface area contributed by atoms with Crippen LogP contribution in [0.3, 0.4) is 0 Å². The van der Waals surface area contributed by atoms with Crippen molar-refractivity contribution < 1.29 is 18.3 Å². The smallest absolute Gasteiger partial charge is 0.410 e. The van der Waals surface area contributed by atoms with Gasteiger partial charge in [0.2, 0.25) is 0 Å². The van der Waals surface area contributed by atoms with Gasteiger partial charge in [0.05, 0.1) is 18.6 Å². The number of carbonyl (C=O) groups excluding carboxylic acids is 1. The molecule has 1 aliphatic rings. The van der Waals surface area contributed by atoms with E-state index in [1.54, 1.807) is 20.8 Å². The van der Waals surface area contributed by atoms with Gasteiger partial charge >= 0.3 is 6.09 Å². The summed E-state index contributed by atoms with van der Waals surface area (Å²) in [7, 11) is 0. The van der Waals surface area contributed by atoms with Crippen LogP contribution in [0, 0.1) is 0 Å². The molecule has 2 aromatic rings. The van der Waals surface area contributed by atoms with Gasteiger partial charge in [0, 0.05) is 13.1 Å². The van der Waals surface area contributed by atoms with E-state index in [9.17, 15) is 13.6 Å². The number of nitrogens with zero attached hydrogens (tertiary/aromatic N) is 5. The molecule has 0 saturated carbocycles. The summed E-state index contributed by atoms with van der Waals surface area (Å²) < 4.78 is 34.6. The van der Waals surface area contributed by atoms with Gasteiger partial charge in [0.1, 0.15) is 15.5 Å². The standard InChI is InChI=1S/C17H18Cl3F2N5O2S/c1-16(2,3)29-15(28)27-5-4-26(6-17(21,22)7-27)14-9(18)11(19)24-13(25-14)10-12(20)23-8-30-10/h8H,4-7H2,1-3H3. The largest absolute Gasteiger partial charge is 0.444 e. The molecule has 0 aliphatic carbocycles. The summed E-state index contributed by atoms with van der Waals surface area (Å²) in [5, 5.41) is 0.00176. The first-order chi connectivity index (χ1) is 13.9. The molecule has 13 heteroatoms. The Labute approximate surface area is 190 Å². The topological polar surface area (TPSA) is 71.5 Å². The van der Waals surface area contributed by atoms with Crippen LogP contribution in [-0.2, 0) is 4.74 Å². The molecule has 0 N–H and O–H groups in total. The van der Waals surface area contributed by atoms with E-state index < -0.39 is 30.7 Å². The number of rotatable bonds is 2. The average molecular weight is 501 g/mol. The lowest BCUT2D eigenvalue weighted by Crippen LogP contribution is -2.44. The summed E-state index contributed by atoms with van der Waals surface area (Å²) in [4.78, 5) is 27.3. The molecule has 1 saturated heterocycles. The van der Waals surface area contributed by atoms with E-state index in [0.29, 0.717) is 4.88 Å². The molecule has 0 radical (unpaired) electrons. The lowest BCUT2D eigenvalue weighted by atomic mass is 10.2. The van der Waals surface area contributed by atoms with Gasteiger partial charge in [-0.1, -0.05) is 34.8 Å². The monoisotopic (exact) mass is 499 g/mol. The van der Waals surface area contributed by atoms with Gasteiger partial charge in [0.15, 0.2) is 21.9 Å². The van der Waals surface area contributed by atoms with Crippen molar-refractivity contribution in [3.05, 3.63) is 20.8 Å². The zero-order chi connectivity index (χ0) is 22.3. The number of hydrogen-bond acceptors (Lipinski definition) is 7. The summed E-state index contributed by atoms with van der Waals surface area (Å²) in [5.41, 5.74) is 0.701. The van der Waals surface area contributed by atoms with Crippen LogP contribution in [0.1, 0.15) is 20.8 Å². The normalized spacial score (nSPS) is 17.1. The van der Waals surface area contributed by atoms with Gasteiger partial charge < -0.3 is 14.5 Å². The van der Waals surface area contributed by atoms with Crippen LogP contribution >= 0.6 is 46.1 Å². The summed E-state index contributed by atoms with van der Waals surface area (Å²) in [6, 6.07) is 0. The fourth-order valence-electron chi connectivity index (χ4n) is 2.77. The van der Waals surface area contributed by atoms with Crippen molar-refractivity contribution in [3.63, 3.8) is 0 Å². The van der Waals surface area contributed by atoms with Crippen LogP contribution in [0.4, 0.5) is 19.4 Å². The highest BCUT2D eigenvalue weighted by molar-refractivity contribution is 7.13. The third kappa shape index (κ3) is 5.40. The minimum Gasteiger partial charge on any atom is -0.444 e. The van der Waals surface area contributed by atoms with Gasteiger partial charge in [0.25, 0.3) is 5.92 Å². The van der Waals surface area contributed by atoms with E-state index >= 15 is 0 Å². The zero-order valence-electron chi connectivity index (χ0n) is 16.3. The van der Waals surface area contributed by atoms with Gasteiger partial charge in [-0.25, -0.2) is 28.5 Å². The van der Waals surface area contributed by atoms with E-state index in [0.717, 1.165) is 4.90 Å². The zero-order valence-corrected chi connectivity index (χ0v) is 19.3. The van der Waals surface area contributed by atoms with Crippen molar-refractivity contribution in [2.75, 3.05) is 31.1 Å². The predicted molar refractivity (Wildman–Crippen MR) is 113 cm³/mol. The van der Waals surface area contributed by atoms with Crippen molar-refractivity contribution >= 4 is 58.1 Å². The second-order valence-corrected chi connectivity index (χ2v) is 9.58. The predicted octanol–water partition coefficient (Wildman–Crippen LogP) is 5.25. The summed E-state index contributed by atoms with van der Waals surface area (Å²) in [6.07, 6.45) is -0.812. The summed E-state index contributed by atoms with van der Waals surface area (Å²) in [5.74, 6) is -3.08. The highest BCUT2D eigenvalue weighted by atomic mass is 35.5. The number of halogens is 5. The third-order valence-electron chi connectivity index (χ3n) is 3.96. The fourth-order valence-corrected chi connectivity index (χ4v) is 4.07. The summed E-state index contributed by atoms with van der Waals surface area (Å²) in [6.45, 7) is 3.53. The summed E-state index contributed by atoms with van der Waals surface area (Å²) >= 11 is 19.6. The maximum Gasteiger partial charge on any atom is 0.410 e. The number of amides is 1. The van der Waals surface area contributed by atoms with E-state index in [1.165, 1.54) is 21.7 Å². The number of aromatic nitrogens is 3. The van der Waals surface area contributed by atoms with Gasteiger partial charge in [-0.15, -0.1) is 11.3 Å². The Balaban J connectivity index is 1.92. The molecule has 30 heavy (non-hydrogen) atoms. The van der Waals surface area contributed by atoms with E-state index in [-0.39, 0.29) is 40.1 Å². The lowest BCUT2D eigenvalue weighted by molar-refractivity contribution is -0.0285. The molecular formula is C17H18Cl3F2N5O2S. The maximum absolute atomic E-state index is 14.7. The number of thiazole rings is 1. The molecule has 3 rings (SSSR count). The second kappa shape index (κ2) is 8.57. The number of ether oxygens (including phenoxy) is 1. The molecule has 164 valence electrons. The molecule has 1 aliphatic heterocycles. The first-order valence-electron chi connectivity index (χ1n) is 8.79. The van der Waals surface area contributed by atoms with E-state index in [1.807, 2.05) is 0 Å². The van der Waals surface area contributed by atoms with E-state index in [4.69, 9.17) is 39.5 Å². The Bertz CT molecular complexity index is 954. The maximum atomic E-state index is 14.7. The number of alkyl halides is 2. The van der Waals surface area contributed by atoms with E-state index in [2.05, 4.69) is 15.0 Å². The average Bonchev–Trinajstić information content (AvgIpc) is 2.96. The van der Waals surface area contributed by atoms with Crippen LogP contribution in [0.2, 0.25) is 15.3 Å². The molecule has 3 heterocycles. The Morgan fingerprint density at radius 2 is 1.87 bits per heavy atom. The quantitative estimate of drug-likeness (QED) is 0.524. The van der Waals surface area contributed by atoms with Crippen molar-refractivity contribution in [2.24, 2.45) is 0 Å². The highest BCUT2D eigenvalue weighted by Crippen LogP contribution is 2.37. The van der Waals surface area contributed by atoms with Crippen LogP contribution in [-0.4, -0.2) is 63.6 Å². The highest BCUT2D eigenvalue weighted by Gasteiger charge is 2.41. The van der Waals surface area contributed by atoms with Crippen LogP contribution in [0.25, 0.3) is 10.7 Å². The molecule has 0 spiro atoms. The van der Waals surface area contributed by atoms with Gasteiger partial charge in [-0.05, 0) is 20.8 Å². The molecule has 2 aromatic heterocycles. The van der Waals surface area contributed by atoms with Crippen LogP contribution in [0.15, 0.2) is 5.51 Å². The first-order valence-corrected chi connectivity index (χ1v) is 10.8. The van der Waals surface area contributed by atoms with Crippen molar-refractivity contribution in [2.45, 2.75) is 32.3 Å². The molecule has 7 nitrogen and oxygen atoms in total. The Morgan fingerprint density at radius 1 is 1.17 bits per heavy atom. The number of carbonyl (C=O) groups is 1. The van der Waals surface area contributed by atoms with Gasteiger partial charge in [-0.3, -0.25) is 0 Å². The Hall–Kier alpha value is -1.49. The first kappa shape index (κ1) is 23.2. The molecule has 0 unspecified atom stereocenters. The van der Waals surface area contributed by atoms with Gasteiger partial charge in [-0.2, -0.15) is 0 Å². The number of hydrogen-bond donors (Lipinski definition) is 0. The molecule has 1 fully saturated rings.